The summed E-state index contributed by atoms with van der Waals surface area (Å²) in [7, 11) is 1.79. The van der Waals surface area contributed by atoms with Crippen molar-refractivity contribution in [1.82, 2.24) is 9.62 Å². The minimum absolute atomic E-state index is 0.102. The minimum Gasteiger partial charge on any atom is -0.342 e. The van der Waals surface area contributed by atoms with Gasteiger partial charge in [-0.2, -0.15) is 0 Å². The summed E-state index contributed by atoms with van der Waals surface area (Å²) in [5, 5.41) is 0.462. The van der Waals surface area contributed by atoms with Crippen LogP contribution in [0.1, 0.15) is 40.0 Å². The third-order valence-electron chi connectivity index (χ3n) is 4.33. The normalized spacial score (nSPS) is 19.2. The highest BCUT2D eigenvalue weighted by molar-refractivity contribution is 7.98. The lowest BCUT2D eigenvalue weighted by atomic mass is 9.92. The lowest BCUT2D eigenvalue weighted by molar-refractivity contribution is 0.0785. The van der Waals surface area contributed by atoms with Crippen LogP contribution in [0.4, 0.5) is 0 Å². The third kappa shape index (κ3) is 5.77. The zero-order valence-corrected chi connectivity index (χ0v) is 15.3. The molecule has 5 heteroatoms. The molecular weight excluding hydrogens is 332 g/mol. The second kappa shape index (κ2) is 10.1. The lowest BCUT2D eigenvalue weighted by Gasteiger charge is -2.25. The predicted molar refractivity (Wildman–Crippen MR) is 103 cm³/mol. The van der Waals surface area contributed by atoms with Gasteiger partial charge in [0.05, 0.1) is 12.1 Å². The molecule has 0 bridgehead atoms. The molecule has 1 aromatic carbocycles. The van der Waals surface area contributed by atoms with Crippen LogP contribution in [-0.2, 0) is 0 Å². The fourth-order valence-electron chi connectivity index (χ4n) is 2.84. The molecule has 0 spiro atoms. The van der Waals surface area contributed by atoms with Crippen molar-refractivity contribution in [1.29, 1.82) is 0 Å². The molecule has 0 aliphatic heterocycles. The smallest absolute Gasteiger partial charge is 0.254 e. The number of rotatable bonds is 8. The molecule has 2 unspecified atom stereocenters. The molecule has 25 heavy (non-hydrogen) atoms. The SMILES string of the molecule is C#CCNSC1C=CC(CCN(C)C(=O)c2ccccc2C=O)CC1. The molecule has 4 nitrogen and oxygen atoms in total. The van der Waals surface area contributed by atoms with Gasteiger partial charge in [-0.1, -0.05) is 48.2 Å². The Hall–Kier alpha value is -2.03. The van der Waals surface area contributed by atoms with Crippen molar-refractivity contribution in [2.75, 3.05) is 20.1 Å². The standard InChI is InChI=1S/C20H24N2O2S/c1-3-13-21-25-18-10-8-16(9-11-18)12-14-22(2)20(24)19-7-5-4-6-17(19)15-23/h1,4-8,10,15-16,18,21H,9,11-14H2,2H3. The van der Waals surface area contributed by atoms with Crippen molar-refractivity contribution in [2.24, 2.45) is 5.92 Å². The Morgan fingerprint density at radius 1 is 1.40 bits per heavy atom. The molecule has 1 aromatic rings. The average molecular weight is 356 g/mol. The second-order valence-electron chi connectivity index (χ2n) is 6.12. The van der Waals surface area contributed by atoms with Gasteiger partial charge in [0.25, 0.3) is 5.91 Å². The highest BCUT2D eigenvalue weighted by Gasteiger charge is 2.19. The number of hydrogen-bond donors (Lipinski definition) is 1. The first-order valence-corrected chi connectivity index (χ1v) is 9.33. The van der Waals surface area contributed by atoms with Gasteiger partial charge in [0.1, 0.15) is 0 Å². The first-order chi connectivity index (χ1) is 12.2. The predicted octanol–water partition coefficient (Wildman–Crippen LogP) is 3.17. The molecule has 0 saturated carbocycles. The van der Waals surface area contributed by atoms with Crippen molar-refractivity contribution in [3.63, 3.8) is 0 Å². The number of nitrogens with zero attached hydrogens (tertiary/aromatic N) is 1. The number of nitrogens with one attached hydrogen (secondary N) is 1. The summed E-state index contributed by atoms with van der Waals surface area (Å²) < 4.78 is 3.16. The highest BCUT2D eigenvalue weighted by atomic mass is 32.2. The van der Waals surface area contributed by atoms with Crippen LogP contribution >= 0.6 is 11.9 Å². The number of aldehydes is 1. The number of benzene rings is 1. The Morgan fingerprint density at radius 3 is 2.88 bits per heavy atom. The molecule has 0 heterocycles. The van der Waals surface area contributed by atoms with E-state index in [1.54, 1.807) is 48.2 Å². The molecular formula is C20H24N2O2S. The van der Waals surface area contributed by atoms with Gasteiger partial charge in [-0.15, -0.1) is 6.42 Å². The number of carbonyl (C=O) groups excluding carboxylic acids is 2. The van der Waals surface area contributed by atoms with Crippen LogP contribution in [0.25, 0.3) is 0 Å². The Morgan fingerprint density at radius 2 is 2.20 bits per heavy atom. The molecule has 1 N–H and O–H groups in total. The lowest BCUT2D eigenvalue weighted by Crippen LogP contribution is -2.30. The van der Waals surface area contributed by atoms with Gasteiger partial charge >= 0.3 is 0 Å². The number of hydrogen-bond acceptors (Lipinski definition) is 4. The Kier molecular flexibility index (Phi) is 7.77. The Labute approximate surface area is 154 Å². The highest BCUT2D eigenvalue weighted by Crippen LogP contribution is 2.26. The Bertz CT molecular complexity index is 666. The van der Waals surface area contributed by atoms with Crippen LogP contribution in [0.5, 0.6) is 0 Å². The maximum absolute atomic E-state index is 12.5. The van der Waals surface area contributed by atoms with E-state index in [0.717, 1.165) is 25.5 Å². The topological polar surface area (TPSA) is 49.4 Å². The van der Waals surface area contributed by atoms with Crippen molar-refractivity contribution >= 4 is 24.1 Å². The van der Waals surface area contributed by atoms with Gasteiger partial charge in [-0.3, -0.25) is 14.3 Å². The largest absolute Gasteiger partial charge is 0.342 e. The number of carbonyl (C=O) groups is 2. The zero-order chi connectivity index (χ0) is 18.1. The van der Waals surface area contributed by atoms with Crippen LogP contribution in [-0.4, -0.2) is 42.5 Å². The zero-order valence-electron chi connectivity index (χ0n) is 14.5. The van der Waals surface area contributed by atoms with Crippen LogP contribution in [0.2, 0.25) is 0 Å². The summed E-state index contributed by atoms with van der Waals surface area (Å²) in [5.41, 5.74) is 0.909. The Balaban J connectivity index is 1.81. The molecule has 0 aromatic heterocycles. The first-order valence-electron chi connectivity index (χ1n) is 8.45. The summed E-state index contributed by atoms with van der Waals surface area (Å²) >= 11 is 1.68. The van der Waals surface area contributed by atoms with E-state index in [1.807, 2.05) is 0 Å². The molecule has 1 aliphatic carbocycles. The number of amides is 1. The minimum atomic E-state index is -0.102. The van der Waals surface area contributed by atoms with E-state index in [1.165, 1.54) is 0 Å². The van der Waals surface area contributed by atoms with E-state index in [9.17, 15) is 9.59 Å². The number of allylic oxidation sites excluding steroid dienone is 1. The van der Waals surface area contributed by atoms with Crippen molar-refractivity contribution in [3.8, 4) is 12.3 Å². The van der Waals surface area contributed by atoms with Gasteiger partial charge in [0, 0.05) is 24.4 Å². The average Bonchev–Trinajstić information content (AvgIpc) is 2.66. The van der Waals surface area contributed by atoms with E-state index in [4.69, 9.17) is 6.42 Å². The van der Waals surface area contributed by atoms with Gasteiger partial charge in [-0.25, -0.2) is 0 Å². The molecule has 132 valence electrons. The van der Waals surface area contributed by atoms with Crippen LogP contribution in [0, 0.1) is 18.3 Å². The molecule has 1 aliphatic rings. The summed E-state index contributed by atoms with van der Waals surface area (Å²) in [4.78, 5) is 25.3. The fourth-order valence-corrected chi connectivity index (χ4v) is 3.65. The van der Waals surface area contributed by atoms with Crippen LogP contribution < -0.4 is 4.72 Å². The van der Waals surface area contributed by atoms with Gasteiger partial charge in [0.2, 0.25) is 0 Å². The second-order valence-corrected chi connectivity index (χ2v) is 7.25. The van der Waals surface area contributed by atoms with Crippen LogP contribution in [0.3, 0.4) is 0 Å². The monoisotopic (exact) mass is 356 g/mol. The molecule has 1 amide bonds. The third-order valence-corrected chi connectivity index (χ3v) is 5.34. The summed E-state index contributed by atoms with van der Waals surface area (Å²) in [6, 6.07) is 6.92. The number of terminal acetylenes is 1. The molecule has 2 rings (SSSR count). The van der Waals surface area contributed by atoms with Crippen molar-refractivity contribution < 1.29 is 9.59 Å². The van der Waals surface area contributed by atoms with Crippen LogP contribution in [0.15, 0.2) is 36.4 Å². The molecule has 2 atom stereocenters. The van der Waals surface area contributed by atoms with E-state index < -0.39 is 0 Å². The van der Waals surface area contributed by atoms with E-state index in [-0.39, 0.29) is 5.91 Å². The fraction of sp³-hybridized carbons (Fsp3) is 0.400. The summed E-state index contributed by atoms with van der Waals surface area (Å²) in [6.45, 7) is 1.25. The van der Waals surface area contributed by atoms with Crippen molar-refractivity contribution in [2.45, 2.75) is 24.5 Å². The first kappa shape index (κ1) is 19.3. The van der Waals surface area contributed by atoms with Gasteiger partial charge in [0.15, 0.2) is 6.29 Å². The molecule has 0 saturated heterocycles. The van der Waals surface area contributed by atoms with E-state index in [0.29, 0.717) is 35.4 Å². The van der Waals surface area contributed by atoms with E-state index in [2.05, 4.69) is 22.8 Å². The summed E-state index contributed by atoms with van der Waals surface area (Å²) in [5.74, 6) is 2.95. The van der Waals surface area contributed by atoms with Crippen molar-refractivity contribution in [3.05, 3.63) is 47.5 Å². The van der Waals surface area contributed by atoms with E-state index >= 15 is 0 Å². The van der Waals surface area contributed by atoms with Gasteiger partial charge in [-0.05, 0) is 31.2 Å². The van der Waals surface area contributed by atoms with Gasteiger partial charge < -0.3 is 4.90 Å². The summed E-state index contributed by atoms with van der Waals surface area (Å²) in [6.07, 6.45) is 13.6. The molecule has 0 fully saturated rings. The quantitative estimate of drug-likeness (QED) is 0.256. The molecule has 0 radical (unpaired) electrons. The maximum Gasteiger partial charge on any atom is 0.254 e. The maximum atomic E-state index is 12.5.